The molecule has 26 heavy (non-hydrogen) atoms. The molecule has 1 saturated heterocycles. The molecule has 8 heteroatoms. The lowest BCUT2D eigenvalue weighted by molar-refractivity contribution is -0.132. The summed E-state index contributed by atoms with van der Waals surface area (Å²) < 4.78 is 31.8. The number of aryl methyl sites for hydroxylation is 1. The molecule has 2 heterocycles. The Morgan fingerprint density at radius 2 is 1.77 bits per heavy atom. The fourth-order valence-corrected chi connectivity index (χ4v) is 4.58. The first-order valence-electron chi connectivity index (χ1n) is 8.46. The highest BCUT2D eigenvalue weighted by Gasteiger charge is 2.28. The van der Waals surface area contributed by atoms with Gasteiger partial charge in [0.05, 0.1) is 12.0 Å². The van der Waals surface area contributed by atoms with Gasteiger partial charge in [0.15, 0.2) is 0 Å². The van der Waals surface area contributed by atoms with Crippen molar-refractivity contribution in [2.75, 3.05) is 26.2 Å². The molecule has 3 rings (SSSR count). The van der Waals surface area contributed by atoms with Crippen LogP contribution in [0.2, 0.25) is 5.02 Å². The summed E-state index contributed by atoms with van der Waals surface area (Å²) in [7, 11) is -3.41. The van der Waals surface area contributed by atoms with Crippen LogP contribution in [0.25, 0.3) is 0 Å². The number of carbonyl (C=O) groups is 1. The van der Waals surface area contributed by atoms with Crippen LogP contribution in [0.3, 0.4) is 0 Å². The van der Waals surface area contributed by atoms with Crippen LogP contribution in [0, 0.1) is 0 Å². The zero-order chi connectivity index (χ0) is 18.6. The highest BCUT2D eigenvalue weighted by molar-refractivity contribution is 7.88. The van der Waals surface area contributed by atoms with Crippen molar-refractivity contribution in [3.05, 3.63) is 59.0 Å². The summed E-state index contributed by atoms with van der Waals surface area (Å²) in [6.07, 6.45) is 2.51. The fourth-order valence-electron chi connectivity index (χ4n) is 2.94. The Morgan fingerprint density at radius 3 is 2.38 bits per heavy atom. The fraction of sp³-hybridized carbons (Fsp3) is 0.389. The molecule has 6 nitrogen and oxygen atoms in total. The van der Waals surface area contributed by atoms with Crippen LogP contribution in [0.4, 0.5) is 0 Å². The van der Waals surface area contributed by atoms with E-state index in [-0.39, 0.29) is 11.7 Å². The number of rotatable bonds is 6. The molecule has 1 amide bonds. The molecule has 0 saturated carbocycles. The van der Waals surface area contributed by atoms with E-state index >= 15 is 0 Å². The van der Waals surface area contributed by atoms with Gasteiger partial charge < -0.3 is 9.32 Å². The van der Waals surface area contributed by atoms with Gasteiger partial charge in [-0.15, -0.1) is 0 Å². The van der Waals surface area contributed by atoms with E-state index in [0.717, 1.165) is 5.76 Å². The monoisotopic (exact) mass is 396 g/mol. The normalized spacial score (nSPS) is 16.0. The van der Waals surface area contributed by atoms with E-state index < -0.39 is 10.0 Å². The van der Waals surface area contributed by atoms with Crippen LogP contribution >= 0.6 is 11.6 Å². The van der Waals surface area contributed by atoms with Crippen molar-refractivity contribution < 1.29 is 17.6 Å². The van der Waals surface area contributed by atoms with Gasteiger partial charge in [-0.05, 0) is 29.8 Å². The van der Waals surface area contributed by atoms with Crippen LogP contribution in [-0.4, -0.2) is 49.7 Å². The predicted octanol–water partition coefficient (Wildman–Crippen LogP) is 2.54. The van der Waals surface area contributed by atoms with Crippen LogP contribution in [0.5, 0.6) is 0 Å². The molecule has 0 bridgehead atoms. The van der Waals surface area contributed by atoms with E-state index in [1.165, 1.54) is 4.31 Å². The van der Waals surface area contributed by atoms with Crippen LogP contribution in [0.15, 0.2) is 47.1 Å². The van der Waals surface area contributed by atoms with E-state index in [0.29, 0.717) is 49.6 Å². The lowest BCUT2D eigenvalue weighted by Crippen LogP contribution is -2.50. The first-order chi connectivity index (χ1) is 12.4. The second-order valence-electron chi connectivity index (χ2n) is 6.24. The molecule has 1 aromatic heterocycles. The molecular formula is C18H21ClN2O4S. The molecule has 1 fully saturated rings. The first kappa shape index (κ1) is 18.9. The molecule has 0 atom stereocenters. The van der Waals surface area contributed by atoms with Gasteiger partial charge in [0.1, 0.15) is 5.76 Å². The van der Waals surface area contributed by atoms with E-state index in [2.05, 4.69) is 0 Å². The molecule has 1 aromatic carbocycles. The predicted molar refractivity (Wildman–Crippen MR) is 99.3 cm³/mol. The average molecular weight is 397 g/mol. The minimum Gasteiger partial charge on any atom is -0.469 e. The Morgan fingerprint density at radius 1 is 1.08 bits per heavy atom. The molecule has 0 unspecified atom stereocenters. The Hall–Kier alpha value is -1.83. The Bertz CT molecular complexity index is 827. The van der Waals surface area contributed by atoms with Crippen molar-refractivity contribution in [1.29, 1.82) is 0 Å². The van der Waals surface area contributed by atoms with Gasteiger partial charge in [0.2, 0.25) is 15.9 Å². The number of piperazine rings is 1. The lowest BCUT2D eigenvalue weighted by Gasteiger charge is -2.34. The third-order valence-corrected chi connectivity index (χ3v) is 6.51. The molecule has 0 N–H and O–H groups in total. The molecule has 0 spiro atoms. The minimum absolute atomic E-state index is 0.0242. The van der Waals surface area contributed by atoms with Gasteiger partial charge >= 0.3 is 0 Å². The van der Waals surface area contributed by atoms with Crippen molar-refractivity contribution in [3.63, 3.8) is 0 Å². The van der Waals surface area contributed by atoms with E-state index in [1.54, 1.807) is 41.5 Å². The molecule has 1 aliphatic heterocycles. The van der Waals surface area contributed by atoms with Crippen molar-refractivity contribution >= 4 is 27.5 Å². The summed E-state index contributed by atoms with van der Waals surface area (Å²) >= 11 is 5.83. The van der Waals surface area contributed by atoms with Gasteiger partial charge in [-0.25, -0.2) is 8.42 Å². The number of amides is 1. The van der Waals surface area contributed by atoms with Crippen LogP contribution in [-0.2, 0) is 27.0 Å². The highest BCUT2D eigenvalue weighted by Crippen LogP contribution is 2.17. The van der Waals surface area contributed by atoms with E-state index in [1.807, 2.05) is 6.07 Å². The van der Waals surface area contributed by atoms with Gasteiger partial charge in [-0.2, -0.15) is 4.31 Å². The highest BCUT2D eigenvalue weighted by atomic mass is 35.5. The molecular weight excluding hydrogens is 376 g/mol. The second-order valence-corrected chi connectivity index (χ2v) is 8.65. The average Bonchev–Trinajstić information content (AvgIpc) is 3.15. The molecule has 140 valence electrons. The summed E-state index contributed by atoms with van der Waals surface area (Å²) in [5.74, 6) is 0.745. The van der Waals surface area contributed by atoms with Crippen LogP contribution in [0.1, 0.15) is 17.7 Å². The summed E-state index contributed by atoms with van der Waals surface area (Å²) in [6.45, 7) is 1.47. The minimum atomic E-state index is -3.41. The van der Waals surface area contributed by atoms with E-state index in [4.69, 9.17) is 16.0 Å². The number of sulfonamides is 1. The zero-order valence-electron chi connectivity index (χ0n) is 14.3. The topological polar surface area (TPSA) is 70.8 Å². The van der Waals surface area contributed by atoms with Crippen LogP contribution < -0.4 is 0 Å². The number of furan rings is 1. The maximum absolute atomic E-state index is 12.6. The standard InChI is InChI=1S/C18H21ClN2O4S/c19-16-5-3-15(4-6-16)14-26(23,24)21-11-9-20(10-12-21)18(22)8-7-17-2-1-13-25-17/h1-6,13H,7-12,14H2. The number of hydrogen-bond donors (Lipinski definition) is 0. The largest absolute Gasteiger partial charge is 0.469 e. The Balaban J connectivity index is 1.50. The van der Waals surface area contributed by atoms with Crippen molar-refractivity contribution in [2.45, 2.75) is 18.6 Å². The van der Waals surface area contributed by atoms with E-state index in [9.17, 15) is 13.2 Å². The lowest BCUT2D eigenvalue weighted by atomic mass is 10.2. The van der Waals surface area contributed by atoms with Gasteiger partial charge in [-0.1, -0.05) is 23.7 Å². The number of nitrogens with zero attached hydrogens (tertiary/aromatic N) is 2. The third kappa shape index (κ3) is 4.87. The summed E-state index contributed by atoms with van der Waals surface area (Å²) in [5.41, 5.74) is 0.700. The van der Waals surface area contributed by atoms with Gasteiger partial charge in [0.25, 0.3) is 0 Å². The van der Waals surface area contributed by atoms with Gasteiger partial charge in [0, 0.05) is 44.0 Å². The zero-order valence-corrected chi connectivity index (χ0v) is 15.9. The summed E-state index contributed by atoms with van der Waals surface area (Å²) in [5, 5.41) is 0.577. The summed E-state index contributed by atoms with van der Waals surface area (Å²) in [4.78, 5) is 14.0. The number of halogens is 1. The quantitative estimate of drug-likeness (QED) is 0.752. The maximum Gasteiger partial charge on any atom is 0.223 e. The number of carbonyl (C=O) groups excluding carboxylic acids is 1. The molecule has 0 aliphatic carbocycles. The Labute approximate surface area is 158 Å². The SMILES string of the molecule is O=C(CCc1ccco1)N1CCN(S(=O)(=O)Cc2ccc(Cl)cc2)CC1. The maximum atomic E-state index is 12.6. The molecule has 2 aromatic rings. The molecule has 0 radical (unpaired) electrons. The smallest absolute Gasteiger partial charge is 0.223 e. The third-order valence-electron chi connectivity index (χ3n) is 4.41. The number of benzene rings is 1. The van der Waals surface area contributed by atoms with Crippen molar-refractivity contribution in [1.82, 2.24) is 9.21 Å². The Kier molecular flexibility index (Phi) is 6.01. The van der Waals surface area contributed by atoms with Gasteiger partial charge in [-0.3, -0.25) is 4.79 Å². The number of hydrogen-bond acceptors (Lipinski definition) is 4. The summed E-state index contributed by atoms with van der Waals surface area (Å²) in [6, 6.07) is 10.4. The van der Waals surface area contributed by atoms with Crippen molar-refractivity contribution in [3.8, 4) is 0 Å². The second kappa shape index (κ2) is 8.24. The molecule has 1 aliphatic rings. The van der Waals surface area contributed by atoms with Crippen molar-refractivity contribution in [2.24, 2.45) is 0 Å². The first-order valence-corrected chi connectivity index (χ1v) is 10.5.